The molecule has 1 aliphatic heterocycles. The first-order valence-electron chi connectivity index (χ1n) is 8.30. The Kier molecular flexibility index (Phi) is 4.45. The van der Waals surface area contributed by atoms with Crippen LogP contribution in [0.2, 0.25) is 0 Å². The normalized spacial score (nSPS) is 28.6. The third-order valence-corrected chi connectivity index (χ3v) is 4.77. The Morgan fingerprint density at radius 3 is 2.90 bits per heavy atom. The molecule has 21 heavy (non-hydrogen) atoms. The minimum absolute atomic E-state index is 0.119. The minimum atomic E-state index is 0.119. The van der Waals surface area contributed by atoms with Crippen molar-refractivity contribution in [2.24, 2.45) is 0 Å². The van der Waals surface area contributed by atoms with E-state index in [0.29, 0.717) is 18.7 Å². The number of pyridine rings is 1. The third kappa shape index (κ3) is 3.06. The van der Waals surface area contributed by atoms with Gasteiger partial charge in [-0.1, -0.05) is 13.0 Å². The van der Waals surface area contributed by atoms with Gasteiger partial charge < -0.3 is 14.6 Å². The molecule has 116 valence electrons. The van der Waals surface area contributed by atoms with Crippen molar-refractivity contribution in [2.45, 2.75) is 70.7 Å². The van der Waals surface area contributed by atoms with Crippen molar-refractivity contribution in [3.05, 3.63) is 33.7 Å². The highest BCUT2D eigenvalue weighted by Crippen LogP contribution is 2.29. The molecule has 4 heteroatoms. The van der Waals surface area contributed by atoms with Crippen molar-refractivity contribution in [3.8, 4) is 0 Å². The van der Waals surface area contributed by atoms with Gasteiger partial charge in [-0.2, -0.15) is 0 Å². The van der Waals surface area contributed by atoms with Crippen LogP contribution in [-0.4, -0.2) is 23.3 Å². The first kappa shape index (κ1) is 14.8. The van der Waals surface area contributed by atoms with E-state index in [-0.39, 0.29) is 11.7 Å². The summed E-state index contributed by atoms with van der Waals surface area (Å²) >= 11 is 0. The van der Waals surface area contributed by atoms with E-state index in [1.54, 1.807) is 6.07 Å². The van der Waals surface area contributed by atoms with Gasteiger partial charge in [-0.05, 0) is 51.1 Å². The molecule has 1 aliphatic carbocycles. The van der Waals surface area contributed by atoms with Crippen molar-refractivity contribution in [1.82, 2.24) is 9.88 Å². The highest BCUT2D eigenvalue weighted by Gasteiger charge is 2.26. The Bertz CT molecular complexity index is 552. The van der Waals surface area contributed by atoms with Crippen LogP contribution in [-0.2, 0) is 17.7 Å². The van der Waals surface area contributed by atoms with Crippen LogP contribution in [0.15, 0.2) is 16.9 Å². The lowest BCUT2D eigenvalue weighted by atomic mass is 9.90. The van der Waals surface area contributed by atoms with Gasteiger partial charge in [-0.3, -0.25) is 4.79 Å². The van der Waals surface area contributed by atoms with Gasteiger partial charge in [0.1, 0.15) is 0 Å². The molecule has 1 N–H and O–H groups in total. The van der Waals surface area contributed by atoms with Gasteiger partial charge >= 0.3 is 0 Å². The van der Waals surface area contributed by atoms with E-state index in [4.69, 9.17) is 4.74 Å². The van der Waals surface area contributed by atoms with Gasteiger partial charge in [-0.25, -0.2) is 0 Å². The van der Waals surface area contributed by atoms with Crippen molar-refractivity contribution in [1.29, 1.82) is 0 Å². The maximum atomic E-state index is 12.3. The molecule has 0 bridgehead atoms. The Morgan fingerprint density at radius 1 is 1.33 bits per heavy atom. The lowest BCUT2D eigenvalue weighted by molar-refractivity contribution is 0.0445. The molecule has 0 aromatic carbocycles. The van der Waals surface area contributed by atoms with E-state index in [1.165, 1.54) is 11.3 Å². The predicted octanol–water partition coefficient (Wildman–Crippen LogP) is 2.40. The van der Waals surface area contributed by atoms with Crippen LogP contribution < -0.4 is 10.9 Å². The monoisotopic (exact) mass is 290 g/mol. The van der Waals surface area contributed by atoms with Gasteiger partial charge in [0.05, 0.1) is 18.8 Å². The summed E-state index contributed by atoms with van der Waals surface area (Å²) in [4.78, 5) is 12.3. The largest absolute Gasteiger partial charge is 0.373 e. The topological polar surface area (TPSA) is 43.3 Å². The number of hydrogen-bond donors (Lipinski definition) is 1. The highest BCUT2D eigenvalue weighted by atomic mass is 16.5. The second-order valence-corrected chi connectivity index (χ2v) is 6.33. The first-order valence-corrected chi connectivity index (χ1v) is 8.30. The average Bonchev–Trinajstić information content (AvgIpc) is 2.88. The van der Waals surface area contributed by atoms with Crippen LogP contribution in [0.1, 0.15) is 56.8 Å². The smallest absolute Gasteiger partial charge is 0.250 e. The van der Waals surface area contributed by atoms with E-state index in [2.05, 4.69) is 19.2 Å². The van der Waals surface area contributed by atoms with E-state index < -0.39 is 0 Å². The number of rotatable bonds is 4. The number of nitrogens with zero attached hydrogens (tertiary/aromatic N) is 1. The van der Waals surface area contributed by atoms with Crippen molar-refractivity contribution in [3.63, 3.8) is 0 Å². The average molecular weight is 290 g/mol. The van der Waals surface area contributed by atoms with Crippen LogP contribution in [0, 0.1) is 0 Å². The zero-order valence-electron chi connectivity index (χ0n) is 13.1. The number of hydrogen-bond acceptors (Lipinski definition) is 3. The molecular formula is C17H26N2O2. The Hall–Kier alpha value is -1.13. The number of aromatic nitrogens is 1. The van der Waals surface area contributed by atoms with Crippen molar-refractivity contribution in [2.75, 3.05) is 6.54 Å². The molecule has 4 nitrogen and oxygen atoms in total. The van der Waals surface area contributed by atoms with Crippen molar-refractivity contribution >= 4 is 0 Å². The summed E-state index contributed by atoms with van der Waals surface area (Å²) in [6.45, 7) is 5.93. The number of fused-ring (bicyclic) bond motifs is 1. The second kappa shape index (κ2) is 6.32. The maximum Gasteiger partial charge on any atom is 0.250 e. The third-order valence-electron chi connectivity index (χ3n) is 4.77. The summed E-state index contributed by atoms with van der Waals surface area (Å²) in [5.74, 6) is 0. The van der Waals surface area contributed by atoms with Crippen LogP contribution in [0.4, 0.5) is 0 Å². The van der Waals surface area contributed by atoms with E-state index in [9.17, 15) is 4.79 Å². The molecule has 1 saturated heterocycles. The van der Waals surface area contributed by atoms with Crippen LogP contribution in [0.5, 0.6) is 0 Å². The SMILES string of the molecule is CCNC1CCCc2c1ccc(=O)n2CC1CCC(C)O1. The van der Waals surface area contributed by atoms with E-state index >= 15 is 0 Å². The molecule has 2 heterocycles. The van der Waals surface area contributed by atoms with Gasteiger partial charge in [0, 0.05) is 17.8 Å². The Morgan fingerprint density at radius 2 is 2.19 bits per heavy atom. The molecule has 3 rings (SSSR count). The zero-order valence-corrected chi connectivity index (χ0v) is 13.1. The van der Waals surface area contributed by atoms with Crippen LogP contribution in [0.25, 0.3) is 0 Å². The second-order valence-electron chi connectivity index (χ2n) is 6.33. The molecule has 0 amide bonds. The summed E-state index contributed by atoms with van der Waals surface area (Å²) < 4.78 is 7.88. The van der Waals surface area contributed by atoms with Gasteiger partial charge in [0.25, 0.3) is 5.56 Å². The zero-order chi connectivity index (χ0) is 14.8. The Labute approximate surface area is 126 Å². The molecule has 1 aromatic heterocycles. The van der Waals surface area contributed by atoms with E-state index in [0.717, 1.165) is 38.6 Å². The molecule has 0 spiro atoms. The Balaban J connectivity index is 1.89. The standard InChI is InChI=1S/C17H26N2O2/c1-3-18-15-5-4-6-16-14(15)9-10-17(20)19(16)11-13-8-7-12(2)21-13/h9-10,12-13,15,18H,3-8,11H2,1-2H3. The summed E-state index contributed by atoms with van der Waals surface area (Å²) in [6.07, 6.45) is 6.02. The molecule has 1 aromatic rings. The maximum absolute atomic E-state index is 12.3. The predicted molar refractivity (Wildman–Crippen MR) is 83.6 cm³/mol. The summed E-state index contributed by atoms with van der Waals surface area (Å²) in [6, 6.07) is 4.15. The van der Waals surface area contributed by atoms with Crippen LogP contribution >= 0.6 is 0 Å². The fraction of sp³-hybridized carbons (Fsp3) is 0.706. The van der Waals surface area contributed by atoms with Crippen LogP contribution in [0.3, 0.4) is 0 Å². The molecule has 1 fully saturated rings. The summed E-state index contributed by atoms with van der Waals surface area (Å²) in [7, 11) is 0. The highest BCUT2D eigenvalue weighted by molar-refractivity contribution is 5.27. The summed E-state index contributed by atoms with van der Waals surface area (Å²) in [5, 5.41) is 3.54. The van der Waals surface area contributed by atoms with Gasteiger partial charge in [0.2, 0.25) is 0 Å². The lowest BCUT2D eigenvalue weighted by Crippen LogP contribution is -2.34. The van der Waals surface area contributed by atoms with Gasteiger partial charge in [0.15, 0.2) is 0 Å². The van der Waals surface area contributed by atoms with Crippen molar-refractivity contribution < 1.29 is 4.74 Å². The molecule has 3 unspecified atom stereocenters. The molecule has 0 radical (unpaired) electrons. The molecule has 3 atom stereocenters. The quantitative estimate of drug-likeness (QED) is 0.926. The summed E-state index contributed by atoms with van der Waals surface area (Å²) in [5.41, 5.74) is 2.66. The fourth-order valence-electron chi connectivity index (χ4n) is 3.74. The molecule has 2 aliphatic rings. The fourth-order valence-corrected chi connectivity index (χ4v) is 3.74. The first-order chi connectivity index (χ1) is 10.2. The minimum Gasteiger partial charge on any atom is -0.373 e. The number of ether oxygens (including phenoxy) is 1. The molecule has 0 saturated carbocycles. The van der Waals surface area contributed by atoms with Gasteiger partial charge in [-0.15, -0.1) is 0 Å². The molecular weight excluding hydrogens is 264 g/mol. The number of nitrogens with one attached hydrogen (secondary N) is 1. The lowest BCUT2D eigenvalue weighted by Gasteiger charge is -2.29. The van der Waals surface area contributed by atoms with E-state index in [1.807, 2.05) is 10.6 Å².